The third kappa shape index (κ3) is 5.74. The first-order chi connectivity index (χ1) is 15.7. The van der Waals surface area contributed by atoms with E-state index in [0.29, 0.717) is 0 Å². The Morgan fingerprint density at radius 1 is 1.03 bits per heavy atom. The number of piperazine rings is 1. The number of para-hydroxylation sites is 2. The van der Waals surface area contributed by atoms with E-state index >= 15 is 0 Å². The highest BCUT2D eigenvalue weighted by Gasteiger charge is 2.36. The lowest BCUT2D eigenvalue weighted by atomic mass is 9.72. The molecule has 2 aliphatic rings. The Hall–Kier alpha value is -2.00. The van der Waals surface area contributed by atoms with E-state index in [2.05, 4.69) is 63.4 Å². The van der Waals surface area contributed by atoms with Crippen molar-refractivity contribution in [2.75, 3.05) is 65.0 Å². The zero-order valence-corrected chi connectivity index (χ0v) is 22.4. The summed E-state index contributed by atoms with van der Waals surface area (Å²) in [6, 6.07) is 17.1. The number of aliphatic imine (C=N–C) groups is 1. The lowest BCUT2D eigenvalue weighted by Crippen LogP contribution is -2.55. The molecule has 0 unspecified atom stereocenters. The molecule has 0 saturated carbocycles. The summed E-state index contributed by atoms with van der Waals surface area (Å²) in [4.78, 5) is 9.40. The van der Waals surface area contributed by atoms with Crippen LogP contribution in [0.1, 0.15) is 24.0 Å². The minimum absolute atomic E-state index is 0. The second-order valence-corrected chi connectivity index (χ2v) is 8.75. The number of halogens is 1. The van der Waals surface area contributed by atoms with Gasteiger partial charge >= 0.3 is 0 Å². The maximum atomic E-state index is 5.72. The van der Waals surface area contributed by atoms with Gasteiger partial charge in [-0.25, -0.2) is 0 Å². The summed E-state index contributed by atoms with van der Waals surface area (Å²) in [5, 5.41) is 3.73. The molecule has 33 heavy (non-hydrogen) atoms. The molecule has 2 aromatic carbocycles. The summed E-state index contributed by atoms with van der Waals surface area (Å²) in [7, 11) is 3.63. The average molecular weight is 565 g/mol. The lowest BCUT2D eigenvalue weighted by Gasteiger charge is -2.41. The number of nitrogens with zero attached hydrogens (tertiary/aromatic N) is 3. The number of guanidine groups is 1. The first kappa shape index (κ1) is 25.6. The van der Waals surface area contributed by atoms with E-state index < -0.39 is 0 Å². The molecule has 0 radical (unpaired) electrons. The van der Waals surface area contributed by atoms with Gasteiger partial charge in [-0.1, -0.05) is 36.4 Å². The van der Waals surface area contributed by atoms with Crippen molar-refractivity contribution in [2.24, 2.45) is 4.99 Å². The second-order valence-electron chi connectivity index (χ2n) is 8.75. The van der Waals surface area contributed by atoms with Gasteiger partial charge < -0.3 is 24.6 Å². The van der Waals surface area contributed by atoms with Gasteiger partial charge in [-0.05, 0) is 43.0 Å². The maximum Gasteiger partial charge on any atom is 0.193 e. The predicted octanol–water partition coefficient (Wildman–Crippen LogP) is 4.07. The van der Waals surface area contributed by atoms with Crippen LogP contribution in [0.5, 0.6) is 5.75 Å². The molecule has 180 valence electrons. The van der Waals surface area contributed by atoms with Crippen molar-refractivity contribution in [3.8, 4) is 5.75 Å². The van der Waals surface area contributed by atoms with Crippen LogP contribution in [0.2, 0.25) is 0 Å². The minimum atomic E-state index is 0. The van der Waals surface area contributed by atoms with E-state index in [1.165, 1.54) is 16.8 Å². The number of ether oxygens (including phenoxy) is 2. The fourth-order valence-corrected chi connectivity index (χ4v) is 5.10. The molecule has 2 saturated heterocycles. The van der Waals surface area contributed by atoms with Crippen molar-refractivity contribution in [3.05, 3.63) is 59.7 Å². The van der Waals surface area contributed by atoms with Crippen LogP contribution in [0.4, 0.5) is 5.69 Å². The zero-order valence-electron chi connectivity index (χ0n) is 20.0. The number of aryl methyl sites for hydroxylation is 1. The number of hydrogen-bond donors (Lipinski definition) is 1. The topological polar surface area (TPSA) is 49.3 Å². The van der Waals surface area contributed by atoms with E-state index in [9.17, 15) is 0 Å². The Labute approximate surface area is 215 Å². The van der Waals surface area contributed by atoms with Gasteiger partial charge in [0, 0.05) is 58.4 Å². The van der Waals surface area contributed by atoms with Crippen molar-refractivity contribution in [1.82, 2.24) is 10.2 Å². The van der Waals surface area contributed by atoms with Crippen LogP contribution < -0.4 is 15.0 Å². The summed E-state index contributed by atoms with van der Waals surface area (Å²) < 4.78 is 11.3. The summed E-state index contributed by atoms with van der Waals surface area (Å²) in [5.41, 5.74) is 4.04. The van der Waals surface area contributed by atoms with Crippen molar-refractivity contribution in [1.29, 1.82) is 0 Å². The highest BCUT2D eigenvalue weighted by Crippen LogP contribution is 2.36. The smallest absolute Gasteiger partial charge is 0.193 e. The van der Waals surface area contributed by atoms with Crippen LogP contribution >= 0.6 is 24.0 Å². The highest BCUT2D eigenvalue weighted by molar-refractivity contribution is 14.0. The van der Waals surface area contributed by atoms with Crippen molar-refractivity contribution in [2.45, 2.75) is 25.2 Å². The minimum Gasteiger partial charge on any atom is -0.495 e. The van der Waals surface area contributed by atoms with Gasteiger partial charge in [-0.2, -0.15) is 0 Å². The van der Waals surface area contributed by atoms with Gasteiger partial charge in [0.25, 0.3) is 0 Å². The molecule has 0 bridgehead atoms. The molecule has 4 rings (SSSR count). The molecule has 7 heteroatoms. The van der Waals surface area contributed by atoms with E-state index in [1.54, 1.807) is 7.11 Å². The molecule has 2 aliphatic heterocycles. The Balaban J connectivity index is 0.00000306. The molecule has 0 amide bonds. The summed E-state index contributed by atoms with van der Waals surface area (Å²) in [6.07, 6.45) is 2.06. The van der Waals surface area contributed by atoms with Crippen LogP contribution in [0, 0.1) is 6.92 Å². The molecule has 0 aromatic heterocycles. The monoisotopic (exact) mass is 564 g/mol. The van der Waals surface area contributed by atoms with E-state index in [1.807, 2.05) is 19.2 Å². The maximum absolute atomic E-state index is 5.72. The van der Waals surface area contributed by atoms with Gasteiger partial charge in [0.2, 0.25) is 0 Å². The van der Waals surface area contributed by atoms with Gasteiger partial charge in [-0.3, -0.25) is 4.99 Å². The van der Waals surface area contributed by atoms with Crippen LogP contribution in [0.25, 0.3) is 0 Å². The van der Waals surface area contributed by atoms with Crippen LogP contribution in [-0.2, 0) is 10.2 Å². The van der Waals surface area contributed by atoms with Crippen molar-refractivity contribution in [3.63, 3.8) is 0 Å². The van der Waals surface area contributed by atoms with Gasteiger partial charge in [-0.15, -0.1) is 24.0 Å². The molecule has 0 atom stereocenters. The van der Waals surface area contributed by atoms with Crippen LogP contribution in [0.15, 0.2) is 53.5 Å². The quantitative estimate of drug-likeness (QED) is 0.337. The lowest BCUT2D eigenvalue weighted by molar-refractivity contribution is 0.0509. The molecule has 1 N–H and O–H groups in total. The Bertz CT molecular complexity index is 922. The molecule has 0 aliphatic carbocycles. The van der Waals surface area contributed by atoms with E-state index in [0.717, 1.165) is 70.5 Å². The Morgan fingerprint density at radius 2 is 1.70 bits per heavy atom. The second kappa shape index (κ2) is 11.9. The van der Waals surface area contributed by atoms with E-state index in [-0.39, 0.29) is 29.4 Å². The largest absolute Gasteiger partial charge is 0.495 e. The number of anilines is 1. The molecule has 2 fully saturated rings. The van der Waals surface area contributed by atoms with E-state index in [4.69, 9.17) is 9.47 Å². The Morgan fingerprint density at radius 3 is 2.36 bits per heavy atom. The molecule has 2 heterocycles. The third-order valence-corrected chi connectivity index (χ3v) is 6.97. The molecule has 2 aromatic rings. The first-order valence-electron chi connectivity index (χ1n) is 11.6. The molecular weight excluding hydrogens is 527 g/mol. The molecule has 0 spiro atoms. The van der Waals surface area contributed by atoms with Gasteiger partial charge in [0.1, 0.15) is 5.75 Å². The van der Waals surface area contributed by atoms with Crippen molar-refractivity contribution >= 4 is 35.6 Å². The number of hydrogen-bond acceptors (Lipinski definition) is 4. The molecule has 6 nitrogen and oxygen atoms in total. The first-order valence-corrected chi connectivity index (χ1v) is 11.6. The SMILES string of the molecule is CN=C(NCC1(c2ccccc2C)CCOCC1)N1CCN(c2ccccc2OC)CC1.I. The normalized spacial score (nSPS) is 18.5. The number of methoxy groups -OCH3 is 1. The third-order valence-electron chi connectivity index (χ3n) is 6.97. The predicted molar refractivity (Wildman–Crippen MR) is 146 cm³/mol. The highest BCUT2D eigenvalue weighted by atomic mass is 127. The summed E-state index contributed by atoms with van der Waals surface area (Å²) >= 11 is 0. The number of benzene rings is 2. The van der Waals surface area contributed by atoms with Crippen LogP contribution in [-0.4, -0.2) is 71.0 Å². The summed E-state index contributed by atoms with van der Waals surface area (Å²) in [6.45, 7) is 8.46. The summed E-state index contributed by atoms with van der Waals surface area (Å²) in [5.74, 6) is 1.92. The standard InChI is InChI=1S/C26H36N4O2.HI/c1-21-8-4-5-9-22(21)26(12-18-32-19-13-26)20-28-25(27-2)30-16-14-29(15-17-30)23-10-6-7-11-24(23)31-3;/h4-11H,12-20H2,1-3H3,(H,27,28);1H. The van der Waals surface area contributed by atoms with Gasteiger partial charge in [0.05, 0.1) is 12.8 Å². The Kier molecular flexibility index (Phi) is 9.26. The van der Waals surface area contributed by atoms with Crippen molar-refractivity contribution < 1.29 is 9.47 Å². The number of rotatable bonds is 5. The van der Waals surface area contributed by atoms with Gasteiger partial charge in [0.15, 0.2) is 5.96 Å². The average Bonchev–Trinajstić information content (AvgIpc) is 2.85. The fourth-order valence-electron chi connectivity index (χ4n) is 5.10. The number of nitrogens with one attached hydrogen (secondary N) is 1. The van der Waals surface area contributed by atoms with Crippen LogP contribution in [0.3, 0.4) is 0 Å². The molecular formula is C26H37IN4O2. The fraction of sp³-hybridized carbons (Fsp3) is 0.500. The zero-order chi connectivity index (χ0) is 22.4.